The second-order valence-corrected chi connectivity index (χ2v) is 7.37. The first kappa shape index (κ1) is 19.8. The molecule has 0 unspecified atom stereocenters. The van der Waals surface area contributed by atoms with Crippen molar-refractivity contribution in [1.29, 1.82) is 0 Å². The van der Waals surface area contributed by atoms with E-state index in [4.69, 9.17) is 28.3 Å². The Kier molecular flexibility index (Phi) is 5.91. The zero-order valence-corrected chi connectivity index (χ0v) is 15.1. The van der Waals surface area contributed by atoms with Gasteiger partial charge in [0.15, 0.2) is 0 Å². The van der Waals surface area contributed by atoms with E-state index < -0.39 is 27.5 Å². The van der Waals surface area contributed by atoms with Gasteiger partial charge in [0.1, 0.15) is 10.7 Å². The highest BCUT2D eigenvalue weighted by Crippen LogP contribution is 2.30. The van der Waals surface area contributed by atoms with Crippen LogP contribution in [-0.2, 0) is 19.6 Å². The van der Waals surface area contributed by atoms with Crippen LogP contribution in [0.25, 0.3) is 5.76 Å². The van der Waals surface area contributed by atoms with Crippen molar-refractivity contribution in [3.63, 3.8) is 0 Å². The minimum absolute atomic E-state index is 0.0389. The average Bonchev–Trinajstić information content (AvgIpc) is 2.56. The van der Waals surface area contributed by atoms with Crippen LogP contribution in [0.4, 0.5) is 5.69 Å². The molecule has 0 saturated carbocycles. The number of benzene rings is 2. The van der Waals surface area contributed by atoms with Gasteiger partial charge < -0.3 is 10.2 Å². The zero-order chi connectivity index (χ0) is 19.5. The summed E-state index contributed by atoms with van der Waals surface area (Å²) in [5, 5.41) is 18.3. The van der Waals surface area contributed by atoms with Gasteiger partial charge in [0, 0.05) is 17.3 Å². The molecule has 0 heterocycles. The molecule has 7 nitrogen and oxygen atoms in total. The number of aliphatic carboxylic acids is 1. The minimum atomic E-state index is -4.07. The van der Waals surface area contributed by atoms with Crippen LogP contribution in [0, 0.1) is 0 Å². The number of hydrogen-bond donors (Lipinski definition) is 3. The number of hydrogen-bond acceptors (Lipinski definition) is 5. The predicted octanol–water partition coefficient (Wildman–Crippen LogP) is 3.35. The molecule has 0 spiro atoms. The highest BCUT2D eigenvalue weighted by atomic mass is 35.5. The summed E-state index contributed by atoms with van der Waals surface area (Å²) in [7, 11) is -4.07. The van der Waals surface area contributed by atoms with Gasteiger partial charge in [-0.15, -0.1) is 0 Å². The average molecular weight is 416 g/mol. The molecule has 2 aromatic carbocycles. The normalized spacial score (nSPS) is 11.8. The van der Waals surface area contributed by atoms with Gasteiger partial charge in [-0.25, -0.2) is 13.2 Å². The maximum absolute atomic E-state index is 12.5. The number of carboxylic acid groups (broad SMARTS) is 1. The van der Waals surface area contributed by atoms with Crippen molar-refractivity contribution in [3.8, 4) is 0 Å². The minimum Gasteiger partial charge on any atom is -0.507 e. The molecule has 0 aliphatic heterocycles. The van der Waals surface area contributed by atoms with E-state index in [-0.39, 0.29) is 26.2 Å². The number of carbonyl (C=O) groups is 2. The molecule has 3 N–H and O–H groups in total. The fourth-order valence-electron chi connectivity index (χ4n) is 1.91. The Morgan fingerprint density at radius 2 is 1.69 bits per heavy atom. The van der Waals surface area contributed by atoms with Crippen LogP contribution in [0.3, 0.4) is 0 Å². The van der Waals surface area contributed by atoms with Gasteiger partial charge in [-0.2, -0.15) is 0 Å². The number of aliphatic hydroxyl groups is 1. The van der Waals surface area contributed by atoms with Crippen molar-refractivity contribution in [2.24, 2.45) is 0 Å². The number of aliphatic hydroxyl groups excluding tert-OH is 1. The third-order valence-corrected chi connectivity index (χ3v) is 5.45. The molecule has 0 atom stereocenters. The monoisotopic (exact) mass is 415 g/mol. The van der Waals surface area contributed by atoms with Crippen molar-refractivity contribution >= 4 is 56.4 Å². The summed E-state index contributed by atoms with van der Waals surface area (Å²) >= 11 is 11.7. The van der Waals surface area contributed by atoms with E-state index in [1.807, 2.05) is 0 Å². The lowest BCUT2D eigenvalue weighted by molar-refractivity contribution is -0.146. The van der Waals surface area contributed by atoms with Gasteiger partial charge in [-0.05, 0) is 24.3 Å². The van der Waals surface area contributed by atoms with E-state index in [2.05, 4.69) is 4.72 Å². The van der Waals surface area contributed by atoms with Crippen LogP contribution in [0.2, 0.25) is 10.0 Å². The molecule has 2 rings (SSSR count). The maximum atomic E-state index is 12.5. The fraction of sp³-hybridized carbons (Fsp3) is 0. The third-order valence-electron chi connectivity index (χ3n) is 3.09. The molecule has 0 radical (unpaired) electrons. The van der Waals surface area contributed by atoms with Gasteiger partial charge in [0.2, 0.25) is 0 Å². The molecule has 0 bridgehead atoms. The number of halogens is 2. The van der Waals surface area contributed by atoms with Crippen molar-refractivity contribution < 1.29 is 28.2 Å². The molecular formula is C16H11Cl2NO6S. The van der Waals surface area contributed by atoms with Crippen LogP contribution in [-0.4, -0.2) is 30.4 Å². The molecular weight excluding hydrogens is 405 g/mol. The topological polar surface area (TPSA) is 121 Å². The highest BCUT2D eigenvalue weighted by Gasteiger charge is 2.20. The zero-order valence-electron chi connectivity index (χ0n) is 12.8. The molecule has 0 aromatic heterocycles. The van der Waals surface area contributed by atoms with Gasteiger partial charge in [0.25, 0.3) is 15.8 Å². The SMILES string of the molecule is O=C(O)C(=O)C=C(O)c1cccc(NS(=O)(=O)c2cccc(Cl)c2Cl)c1. The van der Waals surface area contributed by atoms with E-state index >= 15 is 0 Å². The molecule has 136 valence electrons. The molecule has 0 aliphatic rings. The van der Waals surface area contributed by atoms with Crippen LogP contribution >= 0.6 is 23.2 Å². The molecule has 0 amide bonds. The number of anilines is 1. The smallest absolute Gasteiger partial charge is 0.376 e. The van der Waals surface area contributed by atoms with E-state index in [0.29, 0.717) is 6.08 Å². The van der Waals surface area contributed by atoms with Crippen molar-refractivity contribution in [3.05, 3.63) is 64.1 Å². The molecule has 0 saturated heterocycles. The molecule has 26 heavy (non-hydrogen) atoms. The van der Waals surface area contributed by atoms with Crippen molar-refractivity contribution in [1.82, 2.24) is 0 Å². The molecule has 2 aromatic rings. The van der Waals surface area contributed by atoms with Crippen molar-refractivity contribution in [2.75, 3.05) is 4.72 Å². The Morgan fingerprint density at radius 3 is 2.35 bits per heavy atom. The van der Waals surface area contributed by atoms with Crippen LogP contribution in [0.15, 0.2) is 53.4 Å². The second kappa shape index (κ2) is 7.77. The quantitative estimate of drug-likeness (QED) is 0.377. The number of nitrogens with one attached hydrogen (secondary N) is 1. The maximum Gasteiger partial charge on any atom is 0.376 e. The van der Waals surface area contributed by atoms with E-state index in [0.717, 1.165) is 0 Å². The Hall–Kier alpha value is -2.55. The summed E-state index contributed by atoms with van der Waals surface area (Å²) in [6, 6.07) is 9.51. The second-order valence-electron chi connectivity index (χ2n) is 4.94. The predicted molar refractivity (Wildman–Crippen MR) is 97.0 cm³/mol. The van der Waals surface area contributed by atoms with Gasteiger partial charge >= 0.3 is 5.97 Å². The Labute approximate surface area is 158 Å². The molecule has 0 aliphatic carbocycles. The fourth-order valence-corrected chi connectivity index (χ4v) is 3.73. The largest absolute Gasteiger partial charge is 0.507 e. The number of carboxylic acids is 1. The summed E-state index contributed by atoms with van der Waals surface area (Å²) < 4.78 is 27.2. The standard InChI is InChI=1S/C16H11Cl2NO6S/c17-11-5-2-6-14(15(11)18)26(24,25)19-10-4-1-3-9(7-10)12(20)8-13(21)16(22)23/h1-8,19-20H,(H,22,23). The lowest BCUT2D eigenvalue weighted by Gasteiger charge is -2.11. The highest BCUT2D eigenvalue weighted by molar-refractivity contribution is 7.92. The van der Waals surface area contributed by atoms with Crippen LogP contribution < -0.4 is 4.72 Å². The molecule has 10 heteroatoms. The number of ketones is 1. The molecule has 0 fully saturated rings. The van der Waals surface area contributed by atoms with E-state index in [1.54, 1.807) is 0 Å². The Morgan fingerprint density at radius 1 is 1.04 bits per heavy atom. The first-order valence-corrected chi connectivity index (χ1v) is 9.11. The number of rotatable bonds is 6. The Bertz CT molecular complexity index is 1020. The lowest BCUT2D eigenvalue weighted by atomic mass is 10.1. The van der Waals surface area contributed by atoms with Crippen LogP contribution in [0.5, 0.6) is 0 Å². The van der Waals surface area contributed by atoms with Gasteiger partial charge in [0.05, 0.1) is 10.0 Å². The number of sulfonamides is 1. The summed E-state index contributed by atoms with van der Waals surface area (Å²) in [5.41, 5.74) is 0.0956. The van der Waals surface area contributed by atoms with Crippen molar-refractivity contribution in [2.45, 2.75) is 4.90 Å². The van der Waals surface area contributed by atoms with E-state index in [1.165, 1.54) is 42.5 Å². The first-order valence-electron chi connectivity index (χ1n) is 6.87. The first-order chi connectivity index (χ1) is 12.1. The van der Waals surface area contributed by atoms with Gasteiger partial charge in [-0.1, -0.05) is 41.4 Å². The Balaban J connectivity index is 2.35. The van der Waals surface area contributed by atoms with Gasteiger partial charge in [-0.3, -0.25) is 9.52 Å². The lowest BCUT2D eigenvalue weighted by Crippen LogP contribution is -2.13. The number of carbonyl (C=O) groups excluding carboxylic acids is 1. The third kappa shape index (κ3) is 4.54. The summed E-state index contributed by atoms with van der Waals surface area (Å²) in [6.45, 7) is 0. The summed E-state index contributed by atoms with van der Waals surface area (Å²) in [5.74, 6) is -3.68. The summed E-state index contributed by atoms with van der Waals surface area (Å²) in [4.78, 5) is 21.4. The summed E-state index contributed by atoms with van der Waals surface area (Å²) in [6.07, 6.45) is 0.518. The van der Waals surface area contributed by atoms with E-state index in [9.17, 15) is 23.1 Å². The van der Waals surface area contributed by atoms with Crippen LogP contribution in [0.1, 0.15) is 5.56 Å².